The van der Waals surface area contributed by atoms with Crippen LogP contribution in [0, 0.1) is 6.92 Å². The molecule has 0 aliphatic carbocycles. The van der Waals surface area contributed by atoms with E-state index in [1.165, 1.54) is 5.56 Å². The highest BCUT2D eigenvalue weighted by atomic mass is 16.5. The number of aromatic nitrogens is 2. The molecule has 1 aromatic heterocycles. The predicted octanol–water partition coefficient (Wildman–Crippen LogP) is 5.08. The van der Waals surface area contributed by atoms with Crippen LogP contribution in [0.2, 0.25) is 0 Å². The summed E-state index contributed by atoms with van der Waals surface area (Å²) in [7, 11) is 1.61. The van der Waals surface area contributed by atoms with Crippen LogP contribution < -0.4 is 14.8 Å². The lowest BCUT2D eigenvalue weighted by Gasteiger charge is -2.11. The van der Waals surface area contributed by atoms with Gasteiger partial charge in [-0.1, -0.05) is 54.1 Å². The molecule has 4 rings (SSSR count). The summed E-state index contributed by atoms with van der Waals surface area (Å²) in [5.74, 6) is 1.62. The Morgan fingerprint density at radius 3 is 2.50 bits per heavy atom. The molecule has 0 aliphatic heterocycles. The zero-order valence-electron chi connectivity index (χ0n) is 18.1. The van der Waals surface area contributed by atoms with Gasteiger partial charge in [0.1, 0.15) is 6.61 Å². The Labute approximate surface area is 187 Å². The molecule has 1 N–H and O–H groups in total. The van der Waals surface area contributed by atoms with E-state index >= 15 is 0 Å². The highest BCUT2D eigenvalue weighted by molar-refractivity contribution is 6.03. The highest BCUT2D eigenvalue weighted by Gasteiger charge is 2.10. The quantitative estimate of drug-likeness (QED) is 0.426. The maximum absolute atomic E-state index is 12.7. The second kappa shape index (κ2) is 9.83. The first-order valence-corrected chi connectivity index (χ1v) is 10.4. The highest BCUT2D eigenvalue weighted by Crippen LogP contribution is 2.26. The molecule has 0 unspecified atom stereocenters. The van der Waals surface area contributed by atoms with E-state index in [1.807, 2.05) is 48.7 Å². The average Bonchev–Trinajstić information content (AvgIpc) is 3.26. The smallest absolute Gasteiger partial charge is 0.256 e. The Bertz CT molecular complexity index is 1200. The Hall–Kier alpha value is -4.06. The van der Waals surface area contributed by atoms with Gasteiger partial charge in [0.15, 0.2) is 17.3 Å². The van der Waals surface area contributed by atoms with Crippen LogP contribution in [-0.2, 0) is 13.2 Å². The molecule has 0 spiro atoms. The van der Waals surface area contributed by atoms with Crippen molar-refractivity contribution in [3.63, 3.8) is 0 Å². The van der Waals surface area contributed by atoms with E-state index in [0.29, 0.717) is 36.0 Å². The molecule has 32 heavy (non-hydrogen) atoms. The van der Waals surface area contributed by atoms with Gasteiger partial charge in [-0.3, -0.25) is 9.48 Å². The molecule has 1 amide bonds. The first-order valence-electron chi connectivity index (χ1n) is 10.4. The number of para-hydroxylation sites is 2. The number of methoxy groups -OCH3 is 1. The molecule has 3 aromatic carbocycles. The minimum atomic E-state index is -0.218. The largest absolute Gasteiger partial charge is 0.493 e. The third kappa shape index (κ3) is 5.35. The van der Waals surface area contributed by atoms with Gasteiger partial charge in [0, 0.05) is 17.8 Å². The topological polar surface area (TPSA) is 65.4 Å². The number of benzene rings is 3. The molecule has 6 nitrogen and oxygen atoms in total. The van der Waals surface area contributed by atoms with Crippen molar-refractivity contribution in [2.75, 3.05) is 12.4 Å². The van der Waals surface area contributed by atoms with E-state index in [4.69, 9.17) is 9.47 Å². The van der Waals surface area contributed by atoms with Crippen molar-refractivity contribution in [2.24, 2.45) is 0 Å². The summed E-state index contributed by atoms with van der Waals surface area (Å²) in [6, 6.07) is 24.9. The monoisotopic (exact) mass is 427 g/mol. The summed E-state index contributed by atoms with van der Waals surface area (Å²) in [4.78, 5) is 12.7. The number of amides is 1. The van der Waals surface area contributed by atoms with Crippen molar-refractivity contribution in [1.29, 1.82) is 0 Å². The minimum absolute atomic E-state index is 0.218. The van der Waals surface area contributed by atoms with Crippen LogP contribution in [-0.4, -0.2) is 22.8 Å². The Morgan fingerprint density at radius 2 is 1.72 bits per heavy atom. The normalized spacial score (nSPS) is 10.6. The van der Waals surface area contributed by atoms with Crippen LogP contribution in [0.15, 0.2) is 85.1 Å². The van der Waals surface area contributed by atoms with Gasteiger partial charge in [-0.15, -0.1) is 0 Å². The van der Waals surface area contributed by atoms with Crippen LogP contribution in [0.5, 0.6) is 11.5 Å². The second-order valence-corrected chi connectivity index (χ2v) is 7.48. The summed E-state index contributed by atoms with van der Waals surface area (Å²) in [5.41, 5.74) is 3.80. The lowest BCUT2D eigenvalue weighted by atomic mass is 10.1. The summed E-state index contributed by atoms with van der Waals surface area (Å²) in [6.07, 6.45) is 1.85. The van der Waals surface area contributed by atoms with E-state index in [0.717, 1.165) is 11.1 Å². The predicted molar refractivity (Wildman–Crippen MR) is 124 cm³/mol. The molecule has 0 atom stereocenters. The zero-order valence-corrected chi connectivity index (χ0v) is 18.1. The molecule has 162 valence electrons. The Balaban J connectivity index is 1.37. The third-order valence-electron chi connectivity index (χ3n) is 5.00. The summed E-state index contributed by atoms with van der Waals surface area (Å²) >= 11 is 0. The van der Waals surface area contributed by atoms with E-state index in [2.05, 4.69) is 41.6 Å². The van der Waals surface area contributed by atoms with E-state index in [1.54, 1.807) is 23.9 Å². The van der Waals surface area contributed by atoms with Crippen LogP contribution >= 0.6 is 0 Å². The maximum atomic E-state index is 12.7. The maximum Gasteiger partial charge on any atom is 0.256 e. The van der Waals surface area contributed by atoms with Crippen LogP contribution in [0.3, 0.4) is 0 Å². The van der Waals surface area contributed by atoms with Gasteiger partial charge in [0.05, 0.1) is 13.7 Å². The van der Waals surface area contributed by atoms with Crippen molar-refractivity contribution < 1.29 is 14.3 Å². The summed E-state index contributed by atoms with van der Waals surface area (Å²) in [6.45, 7) is 3.03. The fourth-order valence-electron chi connectivity index (χ4n) is 3.29. The van der Waals surface area contributed by atoms with E-state index in [9.17, 15) is 4.79 Å². The number of hydrogen-bond donors (Lipinski definition) is 1. The molecular weight excluding hydrogens is 402 g/mol. The molecule has 1 heterocycles. The molecule has 0 fully saturated rings. The van der Waals surface area contributed by atoms with Gasteiger partial charge in [-0.25, -0.2) is 0 Å². The Morgan fingerprint density at radius 1 is 0.938 bits per heavy atom. The molecule has 0 aliphatic rings. The second-order valence-electron chi connectivity index (χ2n) is 7.48. The molecule has 0 bridgehead atoms. The summed E-state index contributed by atoms with van der Waals surface area (Å²) < 4.78 is 13.0. The van der Waals surface area contributed by atoms with Gasteiger partial charge in [0.25, 0.3) is 5.91 Å². The van der Waals surface area contributed by atoms with Gasteiger partial charge < -0.3 is 14.8 Å². The van der Waals surface area contributed by atoms with Crippen molar-refractivity contribution in [3.8, 4) is 11.5 Å². The molecular formula is C26H25N3O3. The molecule has 0 saturated carbocycles. The molecule has 4 aromatic rings. The van der Waals surface area contributed by atoms with Crippen LogP contribution in [0.4, 0.5) is 5.82 Å². The number of anilines is 1. The molecule has 0 radical (unpaired) electrons. The molecule has 6 heteroatoms. The third-order valence-corrected chi connectivity index (χ3v) is 5.00. The number of carbonyl (C=O) groups excluding carboxylic acids is 1. The number of nitrogens with zero attached hydrogens (tertiary/aromatic N) is 2. The van der Waals surface area contributed by atoms with Crippen LogP contribution in [0.1, 0.15) is 27.0 Å². The molecule has 0 saturated heterocycles. The van der Waals surface area contributed by atoms with Crippen molar-refractivity contribution in [2.45, 2.75) is 20.1 Å². The number of hydrogen-bond acceptors (Lipinski definition) is 4. The minimum Gasteiger partial charge on any atom is -0.493 e. The SMILES string of the molecule is COc1ccccc1OCc1cccc(C(=O)Nc2ccn(Cc3ccc(C)cc3)n2)c1. The van der Waals surface area contributed by atoms with Crippen molar-refractivity contribution in [3.05, 3.63) is 107 Å². The Kier molecular flexibility index (Phi) is 6.51. The van der Waals surface area contributed by atoms with Gasteiger partial charge in [-0.05, 0) is 42.3 Å². The zero-order chi connectivity index (χ0) is 22.3. The fraction of sp³-hybridized carbons (Fsp3) is 0.154. The van der Waals surface area contributed by atoms with E-state index in [-0.39, 0.29) is 5.91 Å². The number of rotatable bonds is 8. The lowest BCUT2D eigenvalue weighted by Crippen LogP contribution is -2.13. The first-order chi connectivity index (χ1) is 15.6. The number of ether oxygens (including phenoxy) is 2. The van der Waals surface area contributed by atoms with Gasteiger partial charge in [-0.2, -0.15) is 5.10 Å². The first kappa shape index (κ1) is 21.2. The van der Waals surface area contributed by atoms with E-state index < -0.39 is 0 Å². The van der Waals surface area contributed by atoms with Crippen molar-refractivity contribution in [1.82, 2.24) is 9.78 Å². The van der Waals surface area contributed by atoms with Crippen molar-refractivity contribution >= 4 is 11.7 Å². The fourth-order valence-corrected chi connectivity index (χ4v) is 3.29. The van der Waals surface area contributed by atoms with Gasteiger partial charge >= 0.3 is 0 Å². The van der Waals surface area contributed by atoms with Crippen LogP contribution in [0.25, 0.3) is 0 Å². The number of aryl methyl sites for hydroxylation is 1. The number of nitrogens with one attached hydrogen (secondary N) is 1. The average molecular weight is 428 g/mol. The number of carbonyl (C=O) groups is 1. The standard InChI is InChI=1S/C26H25N3O3/c1-19-10-12-20(13-11-19)17-29-15-14-25(28-29)27-26(30)22-7-5-6-21(16-22)18-32-24-9-4-3-8-23(24)31-2/h3-16H,17-18H2,1-2H3,(H,27,28,30). The van der Waals surface area contributed by atoms with Gasteiger partial charge in [0.2, 0.25) is 0 Å². The summed E-state index contributed by atoms with van der Waals surface area (Å²) in [5, 5.41) is 7.32. The lowest BCUT2D eigenvalue weighted by molar-refractivity contribution is 0.102.